The van der Waals surface area contributed by atoms with Crippen molar-refractivity contribution in [3.63, 3.8) is 0 Å². The minimum atomic E-state index is -1.15. The zero-order valence-electron chi connectivity index (χ0n) is 13.7. The maximum Gasteiger partial charge on any atom is 0.227 e. The van der Waals surface area contributed by atoms with Gasteiger partial charge >= 0.3 is 0 Å². The van der Waals surface area contributed by atoms with Gasteiger partial charge in [-0.05, 0) is 42.7 Å². The van der Waals surface area contributed by atoms with Crippen molar-refractivity contribution in [2.75, 3.05) is 23.3 Å². The molecule has 1 atom stereocenters. The average molecular weight is 346 g/mol. The molecule has 0 bridgehead atoms. The second-order valence-corrected chi connectivity index (χ2v) is 6.15. The van der Waals surface area contributed by atoms with Gasteiger partial charge in [-0.15, -0.1) is 0 Å². The molecule has 132 valence electrons. The molecule has 0 aromatic heterocycles. The molecule has 3 rings (SSSR count). The van der Waals surface area contributed by atoms with Gasteiger partial charge in [0.15, 0.2) is 0 Å². The maximum atomic E-state index is 14.2. The number of amides is 1. The van der Waals surface area contributed by atoms with Gasteiger partial charge in [-0.2, -0.15) is 0 Å². The fourth-order valence-corrected chi connectivity index (χ4v) is 3.06. The van der Waals surface area contributed by atoms with Crippen LogP contribution < -0.4 is 10.2 Å². The summed E-state index contributed by atoms with van der Waals surface area (Å²) in [5.41, 5.74) is 1.08. The number of benzene rings is 2. The molecule has 6 heteroatoms. The van der Waals surface area contributed by atoms with Crippen LogP contribution in [0.1, 0.15) is 30.9 Å². The third-order valence-electron chi connectivity index (χ3n) is 4.31. The largest absolute Gasteiger partial charge is 0.388 e. The molecule has 0 spiro atoms. The number of aliphatic hydroxyl groups excluding tert-OH is 1. The summed E-state index contributed by atoms with van der Waals surface area (Å²) in [7, 11) is 0. The molecule has 1 unspecified atom stereocenters. The highest BCUT2D eigenvalue weighted by atomic mass is 19.1. The predicted molar refractivity (Wildman–Crippen MR) is 92.5 cm³/mol. The third-order valence-corrected chi connectivity index (χ3v) is 4.31. The first kappa shape index (κ1) is 17.4. The SMILES string of the molecule is O=C(CC(O)c1cccc(F)c1)Nc1c(F)cccc1N1CCCC1. The highest BCUT2D eigenvalue weighted by Crippen LogP contribution is 2.31. The minimum absolute atomic E-state index is 0.126. The molecule has 2 N–H and O–H groups in total. The summed E-state index contributed by atoms with van der Waals surface area (Å²) < 4.78 is 27.4. The number of anilines is 2. The molecule has 1 amide bonds. The Kier molecular flexibility index (Phi) is 5.28. The second kappa shape index (κ2) is 7.61. The van der Waals surface area contributed by atoms with Crippen LogP contribution in [-0.4, -0.2) is 24.1 Å². The molecule has 1 saturated heterocycles. The van der Waals surface area contributed by atoms with Crippen LogP contribution in [0, 0.1) is 11.6 Å². The Morgan fingerprint density at radius 3 is 2.60 bits per heavy atom. The van der Waals surface area contributed by atoms with Gasteiger partial charge in [-0.3, -0.25) is 4.79 Å². The van der Waals surface area contributed by atoms with Crippen molar-refractivity contribution in [3.05, 3.63) is 59.7 Å². The summed E-state index contributed by atoms with van der Waals surface area (Å²) in [5, 5.41) is 12.7. The van der Waals surface area contributed by atoms with Crippen LogP contribution in [-0.2, 0) is 4.79 Å². The minimum Gasteiger partial charge on any atom is -0.388 e. The first-order valence-electron chi connectivity index (χ1n) is 8.31. The normalized spacial score (nSPS) is 15.2. The van der Waals surface area contributed by atoms with E-state index < -0.39 is 23.6 Å². The standard InChI is InChI=1S/C19H20F2N2O2/c20-14-6-3-5-13(11-14)17(24)12-18(25)22-19-15(21)7-4-8-16(19)23-9-1-2-10-23/h3-8,11,17,24H,1-2,9-10,12H2,(H,22,25). The number of rotatable bonds is 5. The highest BCUT2D eigenvalue weighted by Gasteiger charge is 2.21. The van der Waals surface area contributed by atoms with Crippen molar-refractivity contribution < 1.29 is 18.7 Å². The van der Waals surface area contributed by atoms with Gasteiger partial charge in [0.2, 0.25) is 5.91 Å². The first-order valence-corrected chi connectivity index (χ1v) is 8.31. The Bertz CT molecular complexity index is 761. The number of carbonyl (C=O) groups is 1. The van der Waals surface area contributed by atoms with E-state index in [1.165, 1.54) is 24.3 Å². The Hall–Kier alpha value is -2.47. The van der Waals surface area contributed by atoms with E-state index in [0.717, 1.165) is 25.9 Å². The van der Waals surface area contributed by atoms with Gasteiger partial charge in [0.25, 0.3) is 0 Å². The molecule has 1 heterocycles. The van der Waals surface area contributed by atoms with Crippen molar-refractivity contribution in [3.8, 4) is 0 Å². The molecule has 25 heavy (non-hydrogen) atoms. The predicted octanol–water partition coefficient (Wildman–Crippen LogP) is 3.63. The third kappa shape index (κ3) is 4.14. The number of halogens is 2. The molecule has 0 radical (unpaired) electrons. The first-order chi connectivity index (χ1) is 12.0. The fraction of sp³-hybridized carbons (Fsp3) is 0.316. The van der Waals surface area contributed by atoms with E-state index in [4.69, 9.17) is 0 Å². The maximum absolute atomic E-state index is 14.2. The van der Waals surface area contributed by atoms with E-state index in [1.807, 2.05) is 4.90 Å². The Morgan fingerprint density at radius 1 is 1.16 bits per heavy atom. The van der Waals surface area contributed by atoms with Crippen molar-refractivity contribution in [1.29, 1.82) is 0 Å². The van der Waals surface area contributed by atoms with Crippen LogP contribution >= 0.6 is 0 Å². The van der Waals surface area contributed by atoms with E-state index >= 15 is 0 Å². The summed E-state index contributed by atoms with van der Waals surface area (Å²) in [6, 6.07) is 10.1. The number of para-hydroxylation sites is 1. The van der Waals surface area contributed by atoms with E-state index in [9.17, 15) is 18.7 Å². The monoisotopic (exact) mass is 346 g/mol. The smallest absolute Gasteiger partial charge is 0.227 e. The Balaban J connectivity index is 1.72. The van der Waals surface area contributed by atoms with Gasteiger partial charge in [0.05, 0.1) is 18.2 Å². The summed E-state index contributed by atoms with van der Waals surface area (Å²) in [5.74, 6) is -1.53. The molecular weight excluding hydrogens is 326 g/mol. The lowest BCUT2D eigenvalue weighted by molar-refractivity contribution is -0.118. The fourth-order valence-electron chi connectivity index (χ4n) is 3.06. The van der Waals surface area contributed by atoms with Gasteiger partial charge in [-0.1, -0.05) is 18.2 Å². The molecule has 0 aliphatic carbocycles. The number of nitrogens with one attached hydrogen (secondary N) is 1. The van der Waals surface area contributed by atoms with Crippen LogP contribution in [0.25, 0.3) is 0 Å². The topological polar surface area (TPSA) is 52.6 Å². The lowest BCUT2D eigenvalue weighted by Crippen LogP contribution is -2.22. The van der Waals surface area contributed by atoms with E-state index in [2.05, 4.69) is 5.32 Å². The van der Waals surface area contributed by atoms with E-state index in [0.29, 0.717) is 11.3 Å². The Labute approximate surface area is 145 Å². The molecular formula is C19H20F2N2O2. The number of nitrogens with zero attached hydrogens (tertiary/aromatic N) is 1. The van der Waals surface area contributed by atoms with Crippen molar-refractivity contribution in [2.45, 2.75) is 25.4 Å². The number of carbonyl (C=O) groups excluding carboxylic acids is 1. The summed E-state index contributed by atoms with van der Waals surface area (Å²) in [6.07, 6.45) is 0.624. The van der Waals surface area contributed by atoms with Crippen LogP contribution in [0.3, 0.4) is 0 Å². The summed E-state index contributed by atoms with van der Waals surface area (Å²) >= 11 is 0. The van der Waals surface area contributed by atoms with Crippen molar-refractivity contribution >= 4 is 17.3 Å². The molecule has 1 aliphatic heterocycles. The van der Waals surface area contributed by atoms with Gasteiger partial charge in [0, 0.05) is 13.1 Å². The number of aliphatic hydroxyl groups is 1. The second-order valence-electron chi connectivity index (χ2n) is 6.15. The molecule has 0 saturated carbocycles. The van der Waals surface area contributed by atoms with Crippen LogP contribution in [0.4, 0.5) is 20.2 Å². The molecule has 2 aromatic rings. The van der Waals surface area contributed by atoms with Gasteiger partial charge in [-0.25, -0.2) is 8.78 Å². The number of hydrogen-bond donors (Lipinski definition) is 2. The Morgan fingerprint density at radius 2 is 1.88 bits per heavy atom. The van der Waals surface area contributed by atoms with Gasteiger partial charge in [0.1, 0.15) is 17.3 Å². The average Bonchev–Trinajstić information content (AvgIpc) is 3.11. The van der Waals surface area contributed by atoms with E-state index in [1.54, 1.807) is 18.2 Å². The molecule has 1 aliphatic rings. The zero-order valence-corrected chi connectivity index (χ0v) is 13.7. The quantitative estimate of drug-likeness (QED) is 0.869. The summed E-state index contributed by atoms with van der Waals surface area (Å²) in [6.45, 7) is 1.64. The lowest BCUT2D eigenvalue weighted by Gasteiger charge is -2.22. The van der Waals surface area contributed by atoms with Crippen molar-refractivity contribution in [1.82, 2.24) is 0 Å². The van der Waals surface area contributed by atoms with Crippen molar-refractivity contribution in [2.24, 2.45) is 0 Å². The van der Waals surface area contributed by atoms with Gasteiger partial charge < -0.3 is 15.3 Å². The lowest BCUT2D eigenvalue weighted by atomic mass is 10.1. The van der Waals surface area contributed by atoms with Crippen LogP contribution in [0.15, 0.2) is 42.5 Å². The highest BCUT2D eigenvalue weighted by molar-refractivity contribution is 5.95. The molecule has 2 aromatic carbocycles. The van der Waals surface area contributed by atoms with Crippen LogP contribution in [0.5, 0.6) is 0 Å². The summed E-state index contributed by atoms with van der Waals surface area (Å²) in [4.78, 5) is 14.3. The number of hydrogen-bond acceptors (Lipinski definition) is 3. The zero-order chi connectivity index (χ0) is 17.8. The van der Waals surface area contributed by atoms with Crippen LogP contribution in [0.2, 0.25) is 0 Å². The molecule has 4 nitrogen and oxygen atoms in total. The molecule has 1 fully saturated rings. The van der Waals surface area contributed by atoms with E-state index in [-0.39, 0.29) is 12.1 Å².